The molecule has 0 fully saturated rings. The van der Waals surface area contributed by atoms with E-state index in [1.807, 2.05) is 18.7 Å². The SMILES string of the molecule is Cc1nn(C)c(CN(CCCl)C(C)C)c1Cl. The molecule has 0 aromatic carbocycles. The van der Waals surface area contributed by atoms with Crippen molar-refractivity contribution in [3.8, 4) is 0 Å². The second-order valence-corrected chi connectivity index (χ2v) is 4.98. The van der Waals surface area contributed by atoms with Crippen LogP contribution in [0.4, 0.5) is 0 Å². The highest BCUT2D eigenvalue weighted by atomic mass is 35.5. The molecule has 0 saturated heterocycles. The van der Waals surface area contributed by atoms with Gasteiger partial charge in [0, 0.05) is 32.1 Å². The summed E-state index contributed by atoms with van der Waals surface area (Å²) in [5.74, 6) is 0.632. The smallest absolute Gasteiger partial charge is 0.0860 e. The second-order valence-electron chi connectivity index (χ2n) is 4.22. The van der Waals surface area contributed by atoms with Gasteiger partial charge in [-0.15, -0.1) is 11.6 Å². The molecule has 92 valence electrons. The molecule has 1 heterocycles. The summed E-state index contributed by atoms with van der Waals surface area (Å²) < 4.78 is 1.85. The zero-order chi connectivity index (χ0) is 12.3. The Bertz CT molecular complexity index is 347. The minimum Gasteiger partial charge on any atom is -0.294 e. The minimum atomic E-state index is 0.449. The first-order valence-electron chi connectivity index (χ1n) is 5.45. The van der Waals surface area contributed by atoms with Crippen LogP contribution in [0, 0.1) is 6.92 Å². The summed E-state index contributed by atoms with van der Waals surface area (Å²) in [5, 5.41) is 5.07. The van der Waals surface area contributed by atoms with Crippen LogP contribution in [0.3, 0.4) is 0 Å². The molecule has 3 nitrogen and oxygen atoms in total. The third-order valence-electron chi connectivity index (χ3n) is 2.72. The molecular weight excluding hydrogens is 245 g/mol. The number of aryl methyl sites for hydroxylation is 2. The molecule has 0 aliphatic rings. The Morgan fingerprint density at radius 2 is 2.06 bits per heavy atom. The van der Waals surface area contributed by atoms with Crippen LogP contribution in [-0.4, -0.2) is 33.1 Å². The third-order valence-corrected chi connectivity index (χ3v) is 3.38. The van der Waals surface area contributed by atoms with Gasteiger partial charge in [0.2, 0.25) is 0 Å². The number of alkyl halides is 1. The van der Waals surface area contributed by atoms with E-state index >= 15 is 0 Å². The predicted molar refractivity (Wildman–Crippen MR) is 69.2 cm³/mol. The molecule has 0 aliphatic carbocycles. The van der Waals surface area contributed by atoms with Crippen molar-refractivity contribution in [2.24, 2.45) is 7.05 Å². The van der Waals surface area contributed by atoms with Crippen molar-refractivity contribution in [1.29, 1.82) is 0 Å². The van der Waals surface area contributed by atoms with Crippen LogP contribution in [0.15, 0.2) is 0 Å². The second kappa shape index (κ2) is 5.89. The Kier molecular flexibility index (Phi) is 5.09. The molecule has 0 saturated carbocycles. The van der Waals surface area contributed by atoms with E-state index < -0.39 is 0 Å². The van der Waals surface area contributed by atoms with E-state index in [-0.39, 0.29) is 0 Å². The van der Waals surface area contributed by atoms with E-state index in [0.717, 1.165) is 29.5 Å². The number of rotatable bonds is 5. The van der Waals surface area contributed by atoms with Crippen LogP contribution in [0.2, 0.25) is 5.02 Å². The summed E-state index contributed by atoms with van der Waals surface area (Å²) in [6.07, 6.45) is 0. The Morgan fingerprint density at radius 3 is 2.44 bits per heavy atom. The fraction of sp³-hybridized carbons (Fsp3) is 0.727. The van der Waals surface area contributed by atoms with Crippen molar-refractivity contribution in [2.45, 2.75) is 33.4 Å². The molecule has 5 heteroatoms. The lowest BCUT2D eigenvalue weighted by Crippen LogP contribution is -2.32. The highest BCUT2D eigenvalue weighted by Crippen LogP contribution is 2.21. The molecule has 16 heavy (non-hydrogen) atoms. The first kappa shape index (κ1) is 13.8. The maximum atomic E-state index is 6.22. The molecule has 0 atom stereocenters. The molecule has 1 aromatic rings. The lowest BCUT2D eigenvalue weighted by Gasteiger charge is -2.25. The van der Waals surface area contributed by atoms with Crippen LogP contribution < -0.4 is 0 Å². The molecule has 0 amide bonds. The van der Waals surface area contributed by atoms with E-state index in [2.05, 4.69) is 23.8 Å². The largest absolute Gasteiger partial charge is 0.294 e. The minimum absolute atomic E-state index is 0.449. The summed E-state index contributed by atoms with van der Waals surface area (Å²) in [7, 11) is 1.92. The van der Waals surface area contributed by atoms with Crippen LogP contribution in [0.25, 0.3) is 0 Å². The highest BCUT2D eigenvalue weighted by molar-refractivity contribution is 6.31. The monoisotopic (exact) mass is 263 g/mol. The molecule has 0 radical (unpaired) electrons. The topological polar surface area (TPSA) is 21.1 Å². The number of hydrogen-bond donors (Lipinski definition) is 0. The Labute approximate surface area is 107 Å². The van der Waals surface area contributed by atoms with Gasteiger partial charge < -0.3 is 0 Å². The molecular formula is C11H19Cl2N3. The van der Waals surface area contributed by atoms with Gasteiger partial charge >= 0.3 is 0 Å². The van der Waals surface area contributed by atoms with Gasteiger partial charge in [0.05, 0.1) is 16.4 Å². The lowest BCUT2D eigenvalue weighted by molar-refractivity contribution is 0.220. The molecule has 0 spiro atoms. The van der Waals surface area contributed by atoms with Gasteiger partial charge in [-0.25, -0.2) is 0 Å². The summed E-state index contributed by atoms with van der Waals surface area (Å²) in [4.78, 5) is 2.29. The van der Waals surface area contributed by atoms with Gasteiger partial charge in [0.25, 0.3) is 0 Å². The van der Waals surface area contributed by atoms with Gasteiger partial charge in [0.1, 0.15) is 0 Å². The first-order valence-corrected chi connectivity index (χ1v) is 6.36. The van der Waals surface area contributed by atoms with E-state index in [4.69, 9.17) is 23.2 Å². The number of aromatic nitrogens is 2. The average molecular weight is 264 g/mol. The fourth-order valence-corrected chi connectivity index (χ4v) is 2.11. The average Bonchev–Trinajstić information content (AvgIpc) is 2.43. The van der Waals surface area contributed by atoms with Gasteiger partial charge in [-0.1, -0.05) is 11.6 Å². The maximum Gasteiger partial charge on any atom is 0.0860 e. The van der Waals surface area contributed by atoms with Crippen LogP contribution >= 0.6 is 23.2 Å². The fourth-order valence-electron chi connectivity index (χ4n) is 1.67. The zero-order valence-electron chi connectivity index (χ0n) is 10.3. The van der Waals surface area contributed by atoms with E-state index in [0.29, 0.717) is 11.9 Å². The van der Waals surface area contributed by atoms with Gasteiger partial charge in [-0.2, -0.15) is 5.10 Å². The number of nitrogens with zero attached hydrogens (tertiary/aromatic N) is 3. The van der Waals surface area contributed by atoms with Crippen molar-refractivity contribution >= 4 is 23.2 Å². The van der Waals surface area contributed by atoms with Crippen LogP contribution in [-0.2, 0) is 13.6 Å². The third kappa shape index (κ3) is 3.12. The summed E-state index contributed by atoms with van der Waals surface area (Å²) in [6.45, 7) is 7.89. The summed E-state index contributed by atoms with van der Waals surface area (Å²) in [6, 6.07) is 0.449. The van der Waals surface area contributed by atoms with E-state index in [1.54, 1.807) is 0 Å². The molecule has 0 aliphatic heterocycles. The standard InChI is InChI=1S/C11H19Cl2N3/c1-8(2)16(6-5-12)7-10-11(13)9(3)14-15(10)4/h8H,5-7H2,1-4H3. The molecule has 1 rings (SSSR count). The van der Waals surface area contributed by atoms with Crippen LogP contribution in [0.5, 0.6) is 0 Å². The molecule has 0 bridgehead atoms. The van der Waals surface area contributed by atoms with Crippen LogP contribution in [0.1, 0.15) is 25.2 Å². The van der Waals surface area contributed by atoms with Crippen molar-refractivity contribution in [3.05, 3.63) is 16.4 Å². The normalized spacial score (nSPS) is 11.8. The summed E-state index contributed by atoms with van der Waals surface area (Å²) in [5.41, 5.74) is 1.94. The van der Waals surface area contributed by atoms with Crippen molar-refractivity contribution < 1.29 is 0 Å². The molecule has 1 aromatic heterocycles. The van der Waals surface area contributed by atoms with Gasteiger partial charge in [0.15, 0.2) is 0 Å². The maximum absolute atomic E-state index is 6.22. The summed E-state index contributed by atoms with van der Waals surface area (Å²) >= 11 is 12.0. The molecule has 0 unspecified atom stereocenters. The zero-order valence-corrected chi connectivity index (χ0v) is 11.8. The van der Waals surface area contributed by atoms with E-state index in [1.165, 1.54) is 0 Å². The van der Waals surface area contributed by atoms with Crippen molar-refractivity contribution in [3.63, 3.8) is 0 Å². The molecule has 0 N–H and O–H groups in total. The van der Waals surface area contributed by atoms with E-state index in [9.17, 15) is 0 Å². The predicted octanol–water partition coefficient (Wildman–Crippen LogP) is 2.83. The van der Waals surface area contributed by atoms with Crippen molar-refractivity contribution in [1.82, 2.24) is 14.7 Å². The number of hydrogen-bond acceptors (Lipinski definition) is 2. The Hall–Kier alpha value is -0.250. The van der Waals surface area contributed by atoms with Crippen molar-refractivity contribution in [2.75, 3.05) is 12.4 Å². The first-order chi connectivity index (χ1) is 7.47. The van der Waals surface area contributed by atoms with Gasteiger partial charge in [-0.3, -0.25) is 9.58 Å². The lowest BCUT2D eigenvalue weighted by atomic mass is 10.2. The Morgan fingerprint density at radius 1 is 1.44 bits per heavy atom. The number of halogens is 2. The van der Waals surface area contributed by atoms with Gasteiger partial charge in [-0.05, 0) is 20.8 Å². The quantitative estimate of drug-likeness (QED) is 0.762. The Balaban J connectivity index is 2.84. The highest BCUT2D eigenvalue weighted by Gasteiger charge is 2.16.